The Morgan fingerprint density at radius 1 is 1.17 bits per heavy atom. The van der Waals surface area contributed by atoms with Gasteiger partial charge >= 0.3 is 0 Å². The van der Waals surface area contributed by atoms with Crippen molar-refractivity contribution >= 4 is 49.6 Å². The second-order valence-corrected chi connectivity index (χ2v) is 6.56. The first-order valence-corrected chi connectivity index (χ1v) is 8.12. The number of nitrogens with zero attached hydrogens (tertiary/aromatic N) is 3. The molecular weight excluding hydrogens is 332 g/mol. The molecule has 0 aliphatic carbocycles. The molecule has 0 spiro atoms. The van der Waals surface area contributed by atoms with Crippen molar-refractivity contribution in [1.82, 2.24) is 14.6 Å². The van der Waals surface area contributed by atoms with Gasteiger partial charge in [0.05, 0.1) is 10.9 Å². The van der Waals surface area contributed by atoms with Crippen molar-refractivity contribution in [1.29, 1.82) is 0 Å². The summed E-state index contributed by atoms with van der Waals surface area (Å²) in [5, 5.41) is 9.09. The van der Waals surface area contributed by atoms with Gasteiger partial charge in [0.25, 0.3) is 5.56 Å². The zero-order chi connectivity index (χ0) is 16.0. The summed E-state index contributed by atoms with van der Waals surface area (Å²) >= 11 is 7.29. The average molecular weight is 343 g/mol. The second kappa shape index (κ2) is 5.33. The molecule has 0 bridgehead atoms. The van der Waals surface area contributed by atoms with Gasteiger partial charge in [0.15, 0.2) is 0 Å². The Balaban J connectivity index is 1.84. The topological polar surface area (TPSA) is 59.3 Å². The number of fused-ring (bicyclic) bond motifs is 2. The molecule has 0 atom stereocenters. The van der Waals surface area contributed by atoms with E-state index in [0.29, 0.717) is 26.0 Å². The molecule has 0 amide bonds. The highest BCUT2D eigenvalue weighted by Gasteiger charge is 2.11. The number of hydrogen-bond acceptors (Lipinski definition) is 5. The van der Waals surface area contributed by atoms with Gasteiger partial charge < -0.3 is 5.32 Å². The number of nitrogens with one attached hydrogen (secondary N) is 1. The first-order valence-electron chi connectivity index (χ1n) is 6.93. The van der Waals surface area contributed by atoms with Crippen LogP contribution in [0.1, 0.15) is 5.56 Å². The molecule has 0 saturated carbocycles. The zero-order valence-corrected chi connectivity index (χ0v) is 13.6. The summed E-state index contributed by atoms with van der Waals surface area (Å²) in [6.45, 7) is 2.03. The van der Waals surface area contributed by atoms with Crippen LogP contribution < -0.4 is 10.9 Å². The highest BCUT2D eigenvalue weighted by Crippen LogP contribution is 2.23. The van der Waals surface area contributed by atoms with Crippen LogP contribution in [0.3, 0.4) is 0 Å². The van der Waals surface area contributed by atoms with E-state index in [9.17, 15) is 4.79 Å². The van der Waals surface area contributed by atoms with Gasteiger partial charge in [0.2, 0.25) is 10.1 Å². The quantitative estimate of drug-likeness (QED) is 0.598. The van der Waals surface area contributed by atoms with Gasteiger partial charge in [-0.1, -0.05) is 40.6 Å². The molecule has 0 radical (unpaired) electrons. The van der Waals surface area contributed by atoms with Crippen molar-refractivity contribution in [3.05, 3.63) is 63.4 Å². The second-order valence-electron chi connectivity index (χ2n) is 5.17. The van der Waals surface area contributed by atoms with E-state index in [1.165, 1.54) is 21.4 Å². The van der Waals surface area contributed by atoms with E-state index in [-0.39, 0.29) is 5.56 Å². The highest BCUT2D eigenvalue weighted by molar-refractivity contribution is 7.20. The molecule has 114 valence electrons. The van der Waals surface area contributed by atoms with E-state index < -0.39 is 0 Å². The van der Waals surface area contributed by atoms with Gasteiger partial charge in [-0.05, 0) is 37.3 Å². The van der Waals surface area contributed by atoms with Crippen molar-refractivity contribution < 1.29 is 0 Å². The molecule has 2 aromatic carbocycles. The molecule has 0 aliphatic rings. The van der Waals surface area contributed by atoms with Crippen molar-refractivity contribution in [2.45, 2.75) is 6.92 Å². The molecule has 23 heavy (non-hydrogen) atoms. The van der Waals surface area contributed by atoms with Crippen LogP contribution in [0.15, 0.2) is 47.3 Å². The molecule has 7 heteroatoms. The molecule has 5 nitrogen and oxygen atoms in total. The van der Waals surface area contributed by atoms with E-state index in [4.69, 9.17) is 11.6 Å². The van der Waals surface area contributed by atoms with Gasteiger partial charge in [0.1, 0.15) is 0 Å². The Labute approximate surface area is 140 Å². The summed E-state index contributed by atoms with van der Waals surface area (Å²) in [5.74, 6) is 0. The fraction of sp³-hybridized carbons (Fsp3) is 0.0625. The Morgan fingerprint density at radius 2 is 1.96 bits per heavy atom. The van der Waals surface area contributed by atoms with Gasteiger partial charge in [-0.2, -0.15) is 4.52 Å². The molecule has 0 aliphatic heterocycles. The Kier molecular flexibility index (Phi) is 3.28. The standard InChI is InChI=1S/C16H11ClN4OS/c1-9-2-5-11(6-3-9)18-15-20-21-14(22)12-8-10(17)4-7-13(12)19-16(21)23-15/h2-8H,1H3,(H,18,20). The number of aryl methyl sites for hydroxylation is 1. The maximum absolute atomic E-state index is 12.5. The third kappa shape index (κ3) is 2.56. The van der Waals surface area contributed by atoms with E-state index >= 15 is 0 Å². The van der Waals surface area contributed by atoms with Crippen LogP contribution in [-0.2, 0) is 0 Å². The Bertz CT molecular complexity index is 1090. The van der Waals surface area contributed by atoms with Crippen LogP contribution in [0.5, 0.6) is 0 Å². The van der Waals surface area contributed by atoms with E-state index in [0.717, 1.165) is 5.69 Å². The molecule has 2 aromatic heterocycles. The number of anilines is 2. The molecule has 0 unspecified atom stereocenters. The van der Waals surface area contributed by atoms with Crippen molar-refractivity contribution in [3.63, 3.8) is 0 Å². The number of halogens is 1. The number of aromatic nitrogens is 3. The van der Waals surface area contributed by atoms with Gasteiger partial charge in [-0.25, -0.2) is 4.98 Å². The first kappa shape index (κ1) is 14.2. The fourth-order valence-corrected chi connectivity index (χ4v) is 3.28. The molecule has 4 rings (SSSR count). The summed E-state index contributed by atoms with van der Waals surface area (Å²) < 4.78 is 1.31. The minimum absolute atomic E-state index is 0.222. The summed E-state index contributed by atoms with van der Waals surface area (Å²) in [7, 11) is 0. The van der Waals surface area contributed by atoms with E-state index in [2.05, 4.69) is 15.4 Å². The average Bonchev–Trinajstić information content (AvgIpc) is 2.93. The van der Waals surface area contributed by atoms with Gasteiger partial charge in [0, 0.05) is 10.7 Å². The van der Waals surface area contributed by atoms with Crippen LogP contribution in [0.4, 0.5) is 10.8 Å². The maximum atomic E-state index is 12.5. The lowest BCUT2D eigenvalue weighted by Gasteiger charge is -2.01. The monoisotopic (exact) mass is 342 g/mol. The Hall–Kier alpha value is -2.44. The van der Waals surface area contributed by atoms with E-state index in [1.54, 1.807) is 18.2 Å². The van der Waals surface area contributed by atoms with Crippen LogP contribution in [0, 0.1) is 6.92 Å². The largest absolute Gasteiger partial charge is 0.330 e. The minimum Gasteiger partial charge on any atom is -0.330 e. The van der Waals surface area contributed by atoms with Crippen LogP contribution in [0.2, 0.25) is 5.02 Å². The third-order valence-corrected chi connectivity index (χ3v) is 4.52. The molecule has 4 aromatic rings. The number of rotatable bonds is 2. The Morgan fingerprint density at radius 3 is 2.74 bits per heavy atom. The third-order valence-electron chi connectivity index (χ3n) is 3.46. The van der Waals surface area contributed by atoms with Crippen LogP contribution in [0.25, 0.3) is 15.9 Å². The van der Waals surface area contributed by atoms with Crippen LogP contribution in [-0.4, -0.2) is 14.6 Å². The van der Waals surface area contributed by atoms with Gasteiger partial charge in [-0.3, -0.25) is 4.79 Å². The van der Waals surface area contributed by atoms with Crippen molar-refractivity contribution in [2.75, 3.05) is 5.32 Å². The minimum atomic E-state index is -0.222. The lowest BCUT2D eigenvalue weighted by molar-refractivity contribution is 0.919. The number of benzene rings is 2. The number of hydrogen-bond donors (Lipinski definition) is 1. The van der Waals surface area contributed by atoms with Crippen molar-refractivity contribution in [3.8, 4) is 0 Å². The SMILES string of the molecule is Cc1ccc(Nc2nn3c(=O)c4cc(Cl)ccc4nc3s2)cc1. The summed E-state index contributed by atoms with van der Waals surface area (Å²) in [5.41, 5.74) is 2.49. The summed E-state index contributed by atoms with van der Waals surface area (Å²) in [6.07, 6.45) is 0. The van der Waals surface area contributed by atoms with E-state index in [1.807, 2.05) is 31.2 Å². The van der Waals surface area contributed by atoms with Crippen molar-refractivity contribution in [2.24, 2.45) is 0 Å². The lowest BCUT2D eigenvalue weighted by Crippen LogP contribution is -2.15. The highest BCUT2D eigenvalue weighted by atomic mass is 35.5. The maximum Gasteiger partial charge on any atom is 0.283 e. The van der Waals surface area contributed by atoms with Crippen LogP contribution >= 0.6 is 22.9 Å². The molecule has 0 saturated heterocycles. The first-order chi connectivity index (χ1) is 11.1. The summed E-state index contributed by atoms with van der Waals surface area (Å²) in [4.78, 5) is 17.5. The summed E-state index contributed by atoms with van der Waals surface area (Å²) in [6, 6.07) is 13.0. The predicted molar refractivity (Wildman–Crippen MR) is 94.1 cm³/mol. The molecule has 1 N–H and O–H groups in total. The predicted octanol–water partition coefficient (Wildman–Crippen LogP) is 4.01. The van der Waals surface area contributed by atoms with Gasteiger partial charge in [-0.15, -0.1) is 5.10 Å². The molecular formula is C16H11ClN4OS. The molecule has 0 fully saturated rings. The zero-order valence-electron chi connectivity index (χ0n) is 12.1. The fourth-order valence-electron chi connectivity index (χ4n) is 2.29. The molecule has 2 heterocycles. The lowest BCUT2D eigenvalue weighted by atomic mass is 10.2. The normalized spacial score (nSPS) is 11.2. The smallest absolute Gasteiger partial charge is 0.283 e.